The molecule has 0 saturated carbocycles. The van der Waals surface area contributed by atoms with Crippen LogP contribution in [0.25, 0.3) is 10.9 Å². The lowest BCUT2D eigenvalue weighted by molar-refractivity contribution is 0.0941. The second kappa shape index (κ2) is 7.65. The molecule has 3 aromatic rings. The second-order valence-corrected chi connectivity index (χ2v) is 6.72. The van der Waals surface area contributed by atoms with Gasteiger partial charge in [0, 0.05) is 37.4 Å². The number of fused-ring (bicyclic) bond motifs is 1. The third kappa shape index (κ3) is 3.86. The van der Waals surface area contributed by atoms with Crippen molar-refractivity contribution in [2.75, 3.05) is 24.5 Å². The number of nitrogens with zero attached hydrogens (tertiary/aromatic N) is 4. The molecule has 0 unspecified atom stereocenters. The largest absolute Gasteiger partial charge is 0.350 e. The van der Waals surface area contributed by atoms with Crippen molar-refractivity contribution in [2.45, 2.75) is 12.8 Å². The van der Waals surface area contributed by atoms with Gasteiger partial charge in [0.25, 0.3) is 5.91 Å². The van der Waals surface area contributed by atoms with E-state index in [1.165, 1.54) is 6.07 Å². The van der Waals surface area contributed by atoms with Gasteiger partial charge in [-0.25, -0.2) is 19.3 Å². The van der Waals surface area contributed by atoms with E-state index in [-0.39, 0.29) is 17.1 Å². The molecule has 2 aromatic heterocycles. The summed E-state index contributed by atoms with van der Waals surface area (Å²) in [7, 11) is 0. The highest BCUT2D eigenvalue weighted by Gasteiger charge is 2.22. The van der Waals surface area contributed by atoms with Crippen molar-refractivity contribution < 1.29 is 9.18 Å². The predicted octanol–water partition coefficient (Wildman–Crippen LogP) is 2.81. The van der Waals surface area contributed by atoms with Crippen LogP contribution in [-0.4, -0.2) is 40.5 Å². The van der Waals surface area contributed by atoms with Gasteiger partial charge in [-0.15, -0.1) is 0 Å². The summed E-state index contributed by atoms with van der Waals surface area (Å²) in [5.74, 6) is 0.324. The van der Waals surface area contributed by atoms with Gasteiger partial charge in [0.15, 0.2) is 0 Å². The molecule has 138 valence electrons. The molecule has 0 radical (unpaired) electrons. The summed E-state index contributed by atoms with van der Waals surface area (Å²) in [5.41, 5.74) is 0.446. The van der Waals surface area contributed by atoms with E-state index in [2.05, 4.69) is 25.2 Å². The van der Waals surface area contributed by atoms with E-state index in [1.54, 1.807) is 42.7 Å². The minimum absolute atomic E-state index is 0.218. The lowest BCUT2D eigenvalue weighted by atomic mass is 9.98. The summed E-state index contributed by atoms with van der Waals surface area (Å²) < 4.78 is 13.9. The summed E-state index contributed by atoms with van der Waals surface area (Å²) >= 11 is 0. The number of amides is 1. The van der Waals surface area contributed by atoms with Crippen molar-refractivity contribution in [2.24, 2.45) is 5.92 Å². The molecule has 4 rings (SSSR count). The number of carbonyl (C=O) groups excluding carboxylic acids is 1. The molecule has 0 aliphatic carbocycles. The number of anilines is 1. The molecule has 7 heteroatoms. The van der Waals surface area contributed by atoms with Crippen molar-refractivity contribution >= 4 is 22.8 Å². The van der Waals surface area contributed by atoms with Crippen LogP contribution in [-0.2, 0) is 0 Å². The first-order valence-electron chi connectivity index (χ1n) is 9.06. The van der Waals surface area contributed by atoms with Gasteiger partial charge in [0.05, 0.1) is 0 Å². The Labute approximate surface area is 156 Å². The van der Waals surface area contributed by atoms with Crippen molar-refractivity contribution in [3.63, 3.8) is 0 Å². The average Bonchev–Trinajstić information content (AvgIpc) is 2.73. The Bertz CT molecular complexity index is 950. The maximum absolute atomic E-state index is 13.9. The Balaban J connectivity index is 1.39. The van der Waals surface area contributed by atoms with Gasteiger partial charge in [-0.2, -0.15) is 0 Å². The number of hydrogen-bond donors (Lipinski definition) is 1. The van der Waals surface area contributed by atoms with Crippen LogP contribution in [0.15, 0.2) is 48.8 Å². The van der Waals surface area contributed by atoms with E-state index in [1.807, 2.05) is 0 Å². The quantitative estimate of drug-likeness (QED) is 0.770. The Morgan fingerprint density at radius 2 is 2.04 bits per heavy atom. The fourth-order valence-corrected chi connectivity index (χ4v) is 3.43. The molecule has 1 fully saturated rings. The van der Waals surface area contributed by atoms with Gasteiger partial charge < -0.3 is 10.2 Å². The number of pyridine rings is 1. The first-order chi connectivity index (χ1) is 13.2. The van der Waals surface area contributed by atoms with Crippen LogP contribution in [0.3, 0.4) is 0 Å². The molecule has 1 amide bonds. The van der Waals surface area contributed by atoms with Crippen LogP contribution in [0, 0.1) is 11.7 Å². The molecule has 1 aromatic carbocycles. The third-order valence-electron chi connectivity index (χ3n) is 4.81. The standard InChI is InChI=1S/C20H20FN5O/c21-16-6-1-5-15-7-8-17(25-18(15)16)19(27)24-12-14-4-2-11-26(13-14)20-22-9-3-10-23-20/h1,3,5-10,14H,2,4,11-13H2,(H,24,27)/t14-/m1/s1. The van der Waals surface area contributed by atoms with Crippen molar-refractivity contribution in [3.8, 4) is 0 Å². The molecular weight excluding hydrogens is 345 g/mol. The summed E-state index contributed by atoms with van der Waals surface area (Å²) in [6.45, 7) is 2.25. The highest BCUT2D eigenvalue weighted by Crippen LogP contribution is 2.20. The highest BCUT2D eigenvalue weighted by molar-refractivity contribution is 5.94. The number of carbonyl (C=O) groups is 1. The second-order valence-electron chi connectivity index (χ2n) is 6.72. The molecule has 1 atom stereocenters. The first kappa shape index (κ1) is 17.3. The number of aromatic nitrogens is 3. The van der Waals surface area contributed by atoms with E-state index in [9.17, 15) is 9.18 Å². The molecule has 27 heavy (non-hydrogen) atoms. The molecule has 1 saturated heterocycles. The van der Waals surface area contributed by atoms with Gasteiger partial charge in [-0.1, -0.05) is 18.2 Å². The number of halogens is 1. The fourth-order valence-electron chi connectivity index (χ4n) is 3.43. The van der Waals surface area contributed by atoms with E-state index < -0.39 is 5.82 Å². The smallest absolute Gasteiger partial charge is 0.269 e. The molecule has 1 aliphatic heterocycles. The predicted molar refractivity (Wildman–Crippen MR) is 101 cm³/mol. The minimum Gasteiger partial charge on any atom is -0.350 e. The van der Waals surface area contributed by atoms with Gasteiger partial charge in [-0.05, 0) is 37.0 Å². The fraction of sp³-hybridized carbons (Fsp3) is 0.300. The van der Waals surface area contributed by atoms with Crippen LogP contribution in [0.5, 0.6) is 0 Å². The molecule has 1 N–H and O–H groups in total. The van der Waals surface area contributed by atoms with E-state index in [4.69, 9.17) is 0 Å². The van der Waals surface area contributed by atoms with Crippen molar-refractivity contribution in [1.82, 2.24) is 20.3 Å². The number of para-hydroxylation sites is 1. The van der Waals surface area contributed by atoms with Crippen molar-refractivity contribution in [1.29, 1.82) is 0 Å². The van der Waals surface area contributed by atoms with Crippen LogP contribution < -0.4 is 10.2 Å². The Kier molecular flexibility index (Phi) is 4.91. The number of benzene rings is 1. The lowest BCUT2D eigenvalue weighted by Gasteiger charge is -2.32. The molecule has 1 aliphatic rings. The normalized spacial score (nSPS) is 17.1. The number of piperidine rings is 1. The minimum atomic E-state index is -0.423. The average molecular weight is 365 g/mol. The number of hydrogen-bond acceptors (Lipinski definition) is 5. The number of nitrogens with one attached hydrogen (secondary N) is 1. The molecule has 6 nitrogen and oxygen atoms in total. The zero-order valence-corrected chi connectivity index (χ0v) is 14.8. The SMILES string of the molecule is O=C(NC[C@H]1CCCN(c2ncccn2)C1)c1ccc2cccc(F)c2n1. The van der Waals surface area contributed by atoms with Crippen molar-refractivity contribution in [3.05, 3.63) is 60.3 Å². The highest BCUT2D eigenvalue weighted by atomic mass is 19.1. The van der Waals surface area contributed by atoms with Crippen LogP contribution in [0.2, 0.25) is 0 Å². The monoisotopic (exact) mass is 365 g/mol. The Morgan fingerprint density at radius 1 is 1.19 bits per heavy atom. The van der Waals surface area contributed by atoms with E-state index >= 15 is 0 Å². The Morgan fingerprint density at radius 3 is 2.89 bits per heavy atom. The van der Waals surface area contributed by atoms with Crippen LogP contribution in [0.1, 0.15) is 23.3 Å². The first-order valence-corrected chi connectivity index (χ1v) is 9.06. The summed E-state index contributed by atoms with van der Waals surface area (Å²) in [6.07, 6.45) is 5.53. The zero-order valence-electron chi connectivity index (χ0n) is 14.8. The van der Waals surface area contributed by atoms with E-state index in [0.717, 1.165) is 31.9 Å². The molecular formula is C20H20FN5O. The topological polar surface area (TPSA) is 71.0 Å². The van der Waals surface area contributed by atoms with Gasteiger partial charge in [0.2, 0.25) is 5.95 Å². The zero-order chi connectivity index (χ0) is 18.6. The maximum atomic E-state index is 13.9. The molecule has 3 heterocycles. The molecule has 0 spiro atoms. The van der Waals surface area contributed by atoms with Gasteiger partial charge in [-0.3, -0.25) is 4.79 Å². The number of rotatable bonds is 4. The van der Waals surface area contributed by atoms with E-state index in [0.29, 0.717) is 17.8 Å². The summed E-state index contributed by atoms with van der Waals surface area (Å²) in [6, 6.07) is 9.89. The third-order valence-corrected chi connectivity index (χ3v) is 4.81. The summed E-state index contributed by atoms with van der Waals surface area (Å²) in [5, 5.41) is 3.61. The van der Waals surface area contributed by atoms with Gasteiger partial charge in [0.1, 0.15) is 17.0 Å². The van der Waals surface area contributed by atoms with Gasteiger partial charge >= 0.3 is 0 Å². The Hall–Kier alpha value is -3.09. The maximum Gasteiger partial charge on any atom is 0.269 e. The van der Waals surface area contributed by atoms with Crippen LogP contribution >= 0.6 is 0 Å². The van der Waals surface area contributed by atoms with Crippen LogP contribution in [0.4, 0.5) is 10.3 Å². The molecule has 0 bridgehead atoms. The lowest BCUT2D eigenvalue weighted by Crippen LogP contribution is -2.41. The summed E-state index contributed by atoms with van der Waals surface area (Å²) in [4.78, 5) is 27.4.